The van der Waals surface area contributed by atoms with Crippen LogP contribution < -0.4 is 10.1 Å². The van der Waals surface area contributed by atoms with E-state index in [1.54, 1.807) is 13.0 Å². The average molecular weight is 326 g/mol. The largest absolute Gasteiger partial charge is 0.479 e. The summed E-state index contributed by atoms with van der Waals surface area (Å²) in [7, 11) is -3.69. The van der Waals surface area contributed by atoms with E-state index in [0.29, 0.717) is 30.8 Å². The van der Waals surface area contributed by atoms with Crippen molar-refractivity contribution < 1.29 is 23.1 Å². The van der Waals surface area contributed by atoms with Crippen molar-refractivity contribution >= 4 is 21.6 Å². The molecule has 0 aromatic heterocycles. The van der Waals surface area contributed by atoms with Gasteiger partial charge in [-0.15, -0.1) is 0 Å². The van der Waals surface area contributed by atoms with E-state index in [1.807, 2.05) is 0 Å². The molecule has 0 saturated carbocycles. The maximum atomic E-state index is 12.6. The van der Waals surface area contributed by atoms with E-state index >= 15 is 0 Å². The molecule has 2 aliphatic rings. The summed E-state index contributed by atoms with van der Waals surface area (Å²) >= 11 is 0. The summed E-state index contributed by atoms with van der Waals surface area (Å²) in [5.41, 5.74) is 0.349. The van der Waals surface area contributed by atoms with Crippen molar-refractivity contribution in [2.45, 2.75) is 36.9 Å². The Labute approximate surface area is 128 Å². The van der Waals surface area contributed by atoms with Gasteiger partial charge in [-0.05, 0) is 38.0 Å². The molecule has 0 spiro atoms. The van der Waals surface area contributed by atoms with Gasteiger partial charge in [0, 0.05) is 13.1 Å². The fraction of sp³-hybridized carbons (Fsp3) is 0.500. The SMILES string of the molecule is CC1Oc2ccc(S(=O)(=O)N3CCCC(O)C3)cc2NC1=O. The molecule has 2 atom stereocenters. The minimum Gasteiger partial charge on any atom is -0.479 e. The molecule has 8 heteroatoms. The van der Waals surface area contributed by atoms with E-state index in [4.69, 9.17) is 4.74 Å². The van der Waals surface area contributed by atoms with Crippen LogP contribution in [-0.2, 0) is 14.8 Å². The highest BCUT2D eigenvalue weighted by atomic mass is 32.2. The molecular formula is C14H18N2O5S. The molecule has 1 aromatic carbocycles. The number of amides is 1. The first-order valence-corrected chi connectivity index (χ1v) is 8.62. The number of hydrogen-bond acceptors (Lipinski definition) is 5. The molecule has 1 aromatic rings. The number of piperidine rings is 1. The van der Waals surface area contributed by atoms with Gasteiger partial charge in [-0.1, -0.05) is 0 Å². The summed E-state index contributed by atoms with van der Waals surface area (Å²) in [4.78, 5) is 11.7. The van der Waals surface area contributed by atoms with Crippen molar-refractivity contribution in [1.29, 1.82) is 0 Å². The molecule has 0 bridgehead atoms. The first-order chi connectivity index (χ1) is 10.4. The Morgan fingerprint density at radius 2 is 2.18 bits per heavy atom. The number of benzene rings is 1. The quantitative estimate of drug-likeness (QED) is 0.827. The second-order valence-corrected chi connectivity index (χ2v) is 7.50. The first-order valence-electron chi connectivity index (χ1n) is 7.18. The Balaban J connectivity index is 1.92. The van der Waals surface area contributed by atoms with E-state index in [-0.39, 0.29) is 17.3 Å². The van der Waals surface area contributed by atoms with E-state index in [1.165, 1.54) is 16.4 Å². The zero-order chi connectivity index (χ0) is 15.9. The summed E-state index contributed by atoms with van der Waals surface area (Å²) in [6.45, 7) is 2.10. The Hall–Kier alpha value is -1.64. The summed E-state index contributed by atoms with van der Waals surface area (Å²) in [5.74, 6) is 0.139. The molecule has 2 N–H and O–H groups in total. The van der Waals surface area contributed by atoms with Crippen molar-refractivity contribution in [1.82, 2.24) is 4.31 Å². The number of β-amino-alcohol motifs (C(OH)–C–C–N with tert-alkyl or cyclic N) is 1. The number of fused-ring (bicyclic) bond motifs is 1. The maximum Gasteiger partial charge on any atom is 0.265 e. The number of anilines is 1. The molecule has 2 unspecified atom stereocenters. The Bertz CT molecular complexity index is 703. The maximum absolute atomic E-state index is 12.6. The number of carbonyl (C=O) groups is 1. The van der Waals surface area contributed by atoms with E-state index < -0.39 is 22.2 Å². The van der Waals surface area contributed by atoms with Gasteiger partial charge in [0.15, 0.2) is 6.10 Å². The van der Waals surface area contributed by atoms with Crippen LogP contribution >= 0.6 is 0 Å². The molecular weight excluding hydrogens is 308 g/mol. The van der Waals surface area contributed by atoms with Crippen LogP contribution in [0.1, 0.15) is 19.8 Å². The van der Waals surface area contributed by atoms with Gasteiger partial charge in [-0.3, -0.25) is 4.79 Å². The molecule has 1 fully saturated rings. The molecule has 0 aliphatic carbocycles. The lowest BCUT2D eigenvalue weighted by molar-refractivity contribution is -0.122. The number of aliphatic hydroxyl groups excluding tert-OH is 1. The molecule has 3 rings (SSSR count). The number of rotatable bonds is 2. The predicted molar refractivity (Wildman–Crippen MR) is 79.2 cm³/mol. The van der Waals surface area contributed by atoms with Crippen molar-refractivity contribution in [3.05, 3.63) is 18.2 Å². The lowest BCUT2D eigenvalue weighted by Crippen LogP contribution is -2.42. The summed E-state index contributed by atoms with van der Waals surface area (Å²) in [6.07, 6.45) is -0.00187. The zero-order valence-corrected chi connectivity index (χ0v) is 13.0. The number of nitrogens with zero attached hydrogens (tertiary/aromatic N) is 1. The lowest BCUT2D eigenvalue weighted by Gasteiger charge is -2.30. The first kappa shape index (κ1) is 15.3. The normalized spacial score (nSPS) is 26.0. The van der Waals surface area contributed by atoms with Crippen LogP contribution in [0.15, 0.2) is 23.1 Å². The second-order valence-electron chi connectivity index (χ2n) is 5.57. The minimum atomic E-state index is -3.69. The number of ether oxygens (including phenoxy) is 1. The van der Waals surface area contributed by atoms with Crippen molar-refractivity contribution in [3.8, 4) is 5.75 Å². The molecule has 22 heavy (non-hydrogen) atoms. The van der Waals surface area contributed by atoms with E-state index in [2.05, 4.69) is 5.32 Å². The summed E-state index contributed by atoms with van der Waals surface area (Å²) in [5, 5.41) is 12.3. The van der Waals surface area contributed by atoms with Gasteiger partial charge >= 0.3 is 0 Å². The second kappa shape index (κ2) is 5.53. The van der Waals surface area contributed by atoms with Crippen molar-refractivity contribution in [2.75, 3.05) is 18.4 Å². The van der Waals surface area contributed by atoms with Crippen molar-refractivity contribution in [3.63, 3.8) is 0 Å². The van der Waals surface area contributed by atoms with Crippen LogP contribution in [0.2, 0.25) is 0 Å². The molecule has 2 aliphatic heterocycles. The van der Waals surface area contributed by atoms with Gasteiger partial charge < -0.3 is 15.2 Å². The lowest BCUT2D eigenvalue weighted by atomic mass is 10.1. The Morgan fingerprint density at radius 1 is 1.41 bits per heavy atom. The predicted octanol–water partition coefficient (Wildman–Crippen LogP) is 0.551. The molecule has 0 radical (unpaired) electrons. The van der Waals surface area contributed by atoms with Gasteiger partial charge in [-0.25, -0.2) is 8.42 Å². The van der Waals surface area contributed by atoms with Crippen LogP contribution in [0.3, 0.4) is 0 Å². The third-order valence-electron chi connectivity index (χ3n) is 3.88. The molecule has 120 valence electrons. The van der Waals surface area contributed by atoms with Crippen LogP contribution in [0.25, 0.3) is 0 Å². The average Bonchev–Trinajstić information content (AvgIpc) is 2.48. The number of carbonyl (C=O) groups excluding carboxylic acids is 1. The van der Waals surface area contributed by atoms with Gasteiger partial charge in [0.05, 0.1) is 16.7 Å². The number of aliphatic hydroxyl groups is 1. The fourth-order valence-corrected chi connectivity index (χ4v) is 4.18. The van der Waals surface area contributed by atoms with Crippen LogP contribution in [0.5, 0.6) is 5.75 Å². The van der Waals surface area contributed by atoms with E-state index in [9.17, 15) is 18.3 Å². The summed E-state index contributed by atoms with van der Waals surface area (Å²) < 4.78 is 31.9. The highest BCUT2D eigenvalue weighted by molar-refractivity contribution is 7.89. The van der Waals surface area contributed by atoms with Gasteiger partial charge in [0.1, 0.15) is 5.75 Å². The topological polar surface area (TPSA) is 95.9 Å². The summed E-state index contributed by atoms with van der Waals surface area (Å²) in [6, 6.07) is 4.40. The standard InChI is InChI=1S/C14H18N2O5S/c1-9-14(18)15-12-7-11(4-5-13(12)21-9)22(19,20)16-6-2-3-10(17)8-16/h4-5,7,9-10,17H,2-3,6,8H2,1H3,(H,15,18). The van der Waals surface area contributed by atoms with Crippen LogP contribution in [-0.4, -0.2) is 49.0 Å². The monoisotopic (exact) mass is 326 g/mol. The van der Waals surface area contributed by atoms with Crippen LogP contribution in [0, 0.1) is 0 Å². The fourth-order valence-electron chi connectivity index (χ4n) is 2.64. The molecule has 2 heterocycles. The molecule has 1 amide bonds. The zero-order valence-electron chi connectivity index (χ0n) is 12.2. The van der Waals surface area contributed by atoms with Crippen molar-refractivity contribution in [2.24, 2.45) is 0 Å². The Morgan fingerprint density at radius 3 is 2.91 bits per heavy atom. The minimum absolute atomic E-state index is 0.0822. The number of hydrogen-bond donors (Lipinski definition) is 2. The van der Waals surface area contributed by atoms with Gasteiger partial charge in [0.2, 0.25) is 10.0 Å². The number of sulfonamides is 1. The Kier molecular flexibility index (Phi) is 3.84. The highest BCUT2D eigenvalue weighted by Crippen LogP contribution is 2.33. The van der Waals surface area contributed by atoms with Gasteiger partial charge in [-0.2, -0.15) is 4.31 Å². The van der Waals surface area contributed by atoms with E-state index in [0.717, 1.165) is 0 Å². The smallest absolute Gasteiger partial charge is 0.265 e. The molecule has 1 saturated heterocycles. The number of nitrogens with one attached hydrogen (secondary N) is 1. The third-order valence-corrected chi connectivity index (χ3v) is 5.74. The third kappa shape index (κ3) is 2.69. The van der Waals surface area contributed by atoms with Gasteiger partial charge in [0.25, 0.3) is 5.91 Å². The van der Waals surface area contributed by atoms with Crippen LogP contribution in [0.4, 0.5) is 5.69 Å². The highest BCUT2D eigenvalue weighted by Gasteiger charge is 2.31. The molecule has 7 nitrogen and oxygen atoms in total.